The van der Waals surface area contributed by atoms with E-state index in [-0.39, 0.29) is 16.7 Å². The van der Waals surface area contributed by atoms with Crippen LogP contribution >= 0.6 is 15.9 Å². The quantitative estimate of drug-likeness (QED) is 0.118. The van der Waals surface area contributed by atoms with Gasteiger partial charge in [0.2, 0.25) is 0 Å². The van der Waals surface area contributed by atoms with Crippen LogP contribution in [-0.4, -0.2) is 21.2 Å². The Labute approximate surface area is 255 Å². The summed E-state index contributed by atoms with van der Waals surface area (Å²) in [5.41, 5.74) is 6.31. The fraction of sp³-hybridized carbons (Fsp3) is 0.206. The molecular formula is C34H31BrN2O4S. The maximum absolute atomic E-state index is 12.9. The number of fused-ring (bicyclic) bond motifs is 3. The Bertz CT molecular complexity index is 1770. The van der Waals surface area contributed by atoms with E-state index in [4.69, 9.17) is 8.92 Å². The fourth-order valence-electron chi connectivity index (χ4n) is 5.66. The molecule has 0 saturated heterocycles. The second kappa shape index (κ2) is 11.8. The highest BCUT2D eigenvalue weighted by Gasteiger charge is 2.37. The van der Waals surface area contributed by atoms with E-state index in [0.29, 0.717) is 28.7 Å². The Kier molecular flexibility index (Phi) is 7.92. The van der Waals surface area contributed by atoms with E-state index in [1.807, 2.05) is 26.0 Å². The second-order valence-electron chi connectivity index (χ2n) is 10.5. The molecule has 0 radical (unpaired) electrons. The van der Waals surface area contributed by atoms with Crippen molar-refractivity contribution in [1.29, 1.82) is 0 Å². The van der Waals surface area contributed by atoms with Crippen LogP contribution in [0.25, 0.3) is 0 Å². The van der Waals surface area contributed by atoms with Gasteiger partial charge in [-0.05, 0) is 101 Å². The van der Waals surface area contributed by atoms with Crippen LogP contribution in [0.5, 0.6) is 11.5 Å². The van der Waals surface area contributed by atoms with Gasteiger partial charge in [-0.3, -0.25) is 4.99 Å². The van der Waals surface area contributed by atoms with E-state index in [2.05, 4.69) is 74.8 Å². The van der Waals surface area contributed by atoms with Gasteiger partial charge in [-0.25, -0.2) is 0 Å². The van der Waals surface area contributed by atoms with E-state index in [0.717, 1.165) is 23.2 Å². The molecule has 0 fully saturated rings. The van der Waals surface area contributed by atoms with Crippen molar-refractivity contribution in [3.8, 4) is 11.5 Å². The first-order valence-electron chi connectivity index (χ1n) is 14.0. The van der Waals surface area contributed by atoms with Gasteiger partial charge in [0.1, 0.15) is 4.90 Å². The minimum absolute atomic E-state index is 0.0730. The summed E-state index contributed by atoms with van der Waals surface area (Å²) in [5.74, 6) is 1.32. The fourth-order valence-corrected chi connectivity index (χ4v) is 7.26. The molecule has 4 aromatic rings. The van der Waals surface area contributed by atoms with Crippen molar-refractivity contribution >= 4 is 43.6 Å². The van der Waals surface area contributed by atoms with Gasteiger partial charge in [0.05, 0.1) is 22.8 Å². The number of aryl methyl sites for hydroxylation is 1. The van der Waals surface area contributed by atoms with Gasteiger partial charge in [-0.2, -0.15) is 8.42 Å². The minimum Gasteiger partial charge on any atom is -0.490 e. The van der Waals surface area contributed by atoms with Crippen LogP contribution in [0.3, 0.4) is 0 Å². The molecule has 8 heteroatoms. The zero-order valence-corrected chi connectivity index (χ0v) is 25.7. The zero-order chi connectivity index (χ0) is 29.3. The number of ether oxygens (including phenoxy) is 1. The summed E-state index contributed by atoms with van der Waals surface area (Å²) < 4.78 is 37.6. The largest absolute Gasteiger partial charge is 0.490 e. The molecule has 2 aliphatic rings. The maximum atomic E-state index is 12.9. The second-order valence-corrected chi connectivity index (χ2v) is 12.9. The molecule has 0 amide bonds. The van der Waals surface area contributed by atoms with Crippen LogP contribution in [0.4, 0.5) is 11.4 Å². The highest BCUT2D eigenvalue weighted by molar-refractivity contribution is 9.10. The third kappa shape index (κ3) is 5.74. The monoisotopic (exact) mass is 642 g/mol. The number of rotatable bonds is 8. The van der Waals surface area contributed by atoms with Gasteiger partial charge in [0.15, 0.2) is 11.5 Å². The van der Waals surface area contributed by atoms with Gasteiger partial charge in [-0.1, -0.05) is 60.2 Å². The molecule has 6 rings (SSSR count). The van der Waals surface area contributed by atoms with Gasteiger partial charge < -0.3 is 14.2 Å². The Morgan fingerprint density at radius 3 is 2.55 bits per heavy atom. The average molecular weight is 644 g/mol. The van der Waals surface area contributed by atoms with Gasteiger partial charge >= 0.3 is 10.1 Å². The van der Waals surface area contributed by atoms with E-state index in [9.17, 15) is 8.42 Å². The lowest BCUT2D eigenvalue weighted by atomic mass is 9.77. The Hall–Kier alpha value is -3.88. The number of para-hydroxylation sites is 1. The number of aliphatic imine (C=N–C) groups is 1. The number of allylic oxidation sites excluding steroid dienone is 2. The summed E-state index contributed by atoms with van der Waals surface area (Å²) in [6.07, 6.45) is 7.43. The first-order valence-corrected chi connectivity index (χ1v) is 16.2. The first kappa shape index (κ1) is 28.2. The molecule has 6 nitrogen and oxygen atoms in total. The summed E-state index contributed by atoms with van der Waals surface area (Å²) in [7, 11) is -4.05. The molecule has 1 aliphatic heterocycles. The van der Waals surface area contributed by atoms with Crippen molar-refractivity contribution in [2.45, 2.75) is 37.1 Å². The Balaban J connectivity index is 1.21. The molecule has 4 aromatic carbocycles. The summed E-state index contributed by atoms with van der Waals surface area (Å²) >= 11 is 3.48. The lowest BCUT2D eigenvalue weighted by Gasteiger charge is -2.37. The van der Waals surface area contributed by atoms with Crippen molar-refractivity contribution in [1.82, 2.24) is 0 Å². The maximum Gasteiger partial charge on any atom is 0.339 e. The van der Waals surface area contributed by atoms with E-state index >= 15 is 0 Å². The van der Waals surface area contributed by atoms with Crippen molar-refractivity contribution in [3.05, 3.63) is 124 Å². The molecule has 0 bridgehead atoms. The molecule has 42 heavy (non-hydrogen) atoms. The number of benzene rings is 4. The normalized spacial score (nSPS) is 19.3. The topological polar surface area (TPSA) is 77.0 Å². The standard InChI is InChI=1S/C34H31BrN2O4S/c1-3-40-32-20-23(19-30(35)34(32)41-42(38,39)26-17-11-22(2)12-18-26)21-36-25-15-13-24(14-16-25)33-29-9-6-8-27(29)28-7-4-5-10-31(28)37-33/h4-8,10-21,27,29,33,37H,3,9H2,1-2H3/t27-,29-,33+/m1/s1. The summed E-state index contributed by atoms with van der Waals surface area (Å²) in [5, 5.41) is 3.77. The molecule has 1 aliphatic carbocycles. The van der Waals surface area contributed by atoms with Gasteiger partial charge in [0, 0.05) is 17.8 Å². The molecule has 0 aromatic heterocycles. The van der Waals surface area contributed by atoms with Crippen molar-refractivity contribution in [2.75, 3.05) is 11.9 Å². The van der Waals surface area contributed by atoms with Crippen LogP contribution < -0.4 is 14.2 Å². The number of anilines is 1. The first-order chi connectivity index (χ1) is 20.3. The van der Waals surface area contributed by atoms with Gasteiger partial charge in [0.25, 0.3) is 0 Å². The zero-order valence-electron chi connectivity index (χ0n) is 23.3. The van der Waals surface area contributed by atoms with Crippen molar-refractivity contribution in [2.24, 2.45) is 10.9 Å². The predicted molar refractivity (Wildman–Crippen MR) is 171 cm³/mol. The van der Waals surface area contributed by atoms with Gasteiger partial charge in [-0.15, -0.1) is 0 Å². The number of hydrogen-bond acceptors (Lipinski definition) is 6. The highest BCUT2D eigenvalue weighted by Crippen LogP contribution is 2.49. The molecule has 0 saturated carbocycles. The van der Waals surface area contributed by atoms with E-state index in [1.165, 1.54) is 28.9 Å². The molecule has 3 atom stereocenters. The van der Waals surface area contributed by atoms with Crippen LogP contribution in [0.1, 0.15) is 47.6 Å². The van der Waals surface area contributed by atoms with Crippen molar-refractivity contribution in [3.63, 3.8) is 0 Å². The molecular weight excluding hydrogens is 612 g/mol. The molecule has 0 spiro atoms. The van der Waals surface area contributed by atoms with Crippen LogP contribution in [0, 0.1) is 12.8 Å². The average Bonchev–Trinajstić information content (AvgIpc) is 3.49. The molecule has 214 valence electrons. The highest BCUT2D eigenvalue weighted by atomic mass is 79.9. The van der Waals surface area contributed by atoms with E-state index < -0.39 is 10.1 Å². The van der Waals surface area contributed by atoms with Crippen LogP contribution in [0.2, 0.25) is 0 Å². The molecule has 1 N–H and O–H groups in total. The number of nitrogens with zero attached hydrogens (tertiary/aromatic N) is 1. The van der Waals surface area contributed by atoms with Crippen LogP contribution in [0.15, 0.2) is 111 Å². The minimum atomic E-state index is -4.05. The molecule has 0 unspecified atom stereocenters. The Morgan fingerprint density at radius 2 is 1.79 bits per heavy atom. The third-order valence-electron chi connectivity index (χ3n) is 7.72. The number of nitrogens with one attached hydrogen (secondary N) is 1. The third-order valence-corrected chi connectivity index (χ3v) is 9.55. The summed E-state index contributed by atoms with van der Waals surface area (Å²) in [4.78, 5) is 4.75. The number of hydrogen-bond donors (Lipinski definition) is 1. The smallest absolute Gasteiger partial charge is 0.339 e. The number of halogens is 1. The summed E-state index contributed by atoms with van der Waals surface area (Å²) in [6.45, 7) is 4.07. The van der Waals surface area contributed by atoms with Crippen LogP contribution in [-0.2, 0) is 10.1 Å². The summed E-state index contributed by atoms with van der Waals surface area (Å²) in [6, 6.07) is 27.1. The SMILES string of the molecule is CCOc1cc(C=Nc2ccc([C@@H]3Nc4ccccc4[C@H]4C=CC[C@H]43)cc2)cc(Br)c1OS(=O)(=O)c1ccc(C)cc1. The Morgan fingerprint density at radius 1 is 1.02 bits per heavy atom. The predicted octanol–water partition coefficient (Wildman–Crippen LogP) is 8.50. The lowest BCUT2D eigenvalue weighted by molar-refractivity contribution is 0.327. The lowest BCUT2D eigenvalue weighted by Crippen LogP contribution is -2.28. The molecule has 1 heterocycles. The van der Waals surface area contributed by atoms with E-state index in [1.54, 1.807) is 30.5 Å². The van der Waals surface area contributed by atoms with Crippen molar-refractivity contribution < 1.29 is 17.3 Å².